The van der Waals surface area contributed by atoms with Crippen LogP contribution in [0.5, 0.6) is 0 Å². The van der Waals surface area contributed by atoms with Gasteiger partial charge in [-0.2, -0.15) is 0 Å². The molecule has 1 amide bonds. The Balaban J connectivity index is 2.13. The molecule has 1 unspecified atom stereocenters. The minimum Gasteiger partial charge on any atom is -0.399 e. The summed E-state index contributed by atoms with van der Waals surface area (Å²) >= 11 is 9.31. The fourth-order valence-corrected chi connectivity index (χ4v) is 2.23. The molecule has 3 nitrogen and oxygen atoms in total. The number of nitrogen functional groups attached to an aromatic ring is 1. The molecule has 20 heavy (non-hydrogen) atoms. The van der Waals surface area contributed by atoms with Crippen LogP contribution in [0.3, 0.4) is 0 Å². The van der Waals surface area contributed by atoms with Crippen molar-refractivity contribution in [2.75, 3.05) is 11.1 Å². The van der Waals surface area contributed by atoms with Crippen LogP contribution < -0.4 is 11.1 Å². The van der Waals surface area contributed by atoms with E-state index < -0.39 is 0 Å². The predicted molar refractivity (Wildman–Crippen MR) is 87.1 cm³/mol. The number of carbonyl (C=O) groups excluding carboxylic acids is 1. The Morgan fingerprint density at radius 1 is 1.30 bits per heavy atom. The van der Waals surface area contributed by atoms with Gasteiger partial charge in [0.1, 0.15) is 0 Å². The third kappa shape index (κ3) is 3.52. The molecule has 0 heterocycles. The summed E-state index contributed by atoms with van der Waals surface area (Å²) in [4.78, 5) is 12.2. The number of halogens is 2. The first kappa shape index (κ1) is 14.9. The van der Waals surface area contributed by atoms with E-state index in [2.05, 4.69) is 21.2 Å². The summed E-state index contributed by atoms with van der Waals surface area (Å²) in [5, 5.41) is 3.40. The monoisotopic (exact) mass is 352 g/mol. The van der Waals surface area contributed by atoms with Gasteiger partial charge in [-0.15, -0.1) is 0 Å². The smallest absolute Gasteiger partial charge is 0.231 e. The van der Waals surface area contributed by atoms with Crippen molar-refractivity contribution >= 4 is 44.8 Å². The Morgan fingerprint density at radius 3 is 2.70 bits per heavy atom. The van der Waals surface area contributed by atoms with Crippen LogP contribution in [0.25, 0.3) is 0 Å². The minimum atomic E-state index is -0.291. The van der Waals surface area contributed by atoms with Gasteiger partial charge >= 0.3 is 0 Å². The fourth-order valence-electron chi connectivity index (χ4n) is 1.80. The van der Waals surface area contributed by atoms with Crippen molar-refractivity contribution in [2.24, 2.45) is 0 Å². The van der Waals surface area contributed by atoms with Crippen molar-refractivity contribution in [1.82, 2.24) is 0 Å². The second kappa shape index (κ2) is 6.29. The van der Waals surface area contributed by atoms with Crippen LogP contribution in [0.4, 0.5) is 11.4 Å². The van der Waals surface area contributed by atoms with Crippen molar-refractivity contribution in [3.63, 3.8) is 0 Å². The molecular formula is C15H14BrClN2O. The molecule has 0 aliphatic rings. The first-order chi connectivity index (χ1) is 9.47. The van der Waals surface area contributed by atoms with Gasteiger partial charge in [0.25, 0.3) is 0 Å². The zero-order valence-corrected chi connectivity index (χ0v) is 13.2. The lowest BCUT2D eigenvalue weighted by Crippen LogP contribution is -2.18. The third-order valence-electron chi connectivity index (χ3n) is 2.99. The lowest BCUT2D eigenvalue weighted by atomic mass is 10.00. The van der Waals surface area contributed by atoms with Crippen LogP contribution in [0, 0.1) is 0 Å². The summed E-state index contributed by atoms with van der Waals surface area (Å²) in [6, 6.07) is 12.6. The van der Waals surface area contributed by atoms with E-state index in [0.717, 1.165) is 10.0 Å². The summed E-state index contributed by atoms with van der Waals surface area (Å²) in [6.07, 6.45) is 0. The number of hydrogen-bond acceptors (Lipinski definition) is 2. The van der Waals surface area contributed by atoms with Crippen molar-refractivity contribution in [1.29, 1.82) is 0 Å². The topological polar surface area (TPSA) is 55.1 Å². The fraction of sp³-hybridized carbons (Fsp3) is 0.133. The van der Waals surface area contributed by atoms with Gasteiger partial charge in [0.2, 0.25) is 5.91 Å². The number of nitrogens with one attached hydrogen (secondary N) is 1. The Morgan fingerprint density at radius 2 is 2.05 bits per heavy atom. The van der Waals surface area contributed by atoms with Crippen LogP contribution in [-0.4, -0.2) is 5.91 Å². The van der Waals surface area contributed by atoms with E-state index in [1.54, 1.807) is 30.3 Å². The molecule has 0 spiro atoms. The van der Waals surface area contributed by atoms with Crippen molar-refractivity contribution in [3.8, 4) is 0 Å². The molecule has 2 rings (SSSR count). The highest BCUT2D eigenvalue weighted by molar-refractivity contribution is 9.10. The highest BCUT2D eigenvalue weighted by Crippen LogP contribution is 2.26. The number of benzene rings is 2. The molecular weight excluding hydrogens is 340 g/mol. The first-order valence-electron chi connectivity index (χ1n) is 6.08. The zero-order valence-electron chi connectivity index (χ0n) is 10.9. The largest absolute Gasteiger partial charge is 0.399 e. The minimum absolute atomic E-state index is 0.103. The lowest BCUT2D eigenvalue weighted by molar-refractivity contribution is -0.117. The number of hydrogen-bond donors (Lipinski definition) is 2. The van der Waals surface area contributed by atoms with E-state index in [1.807, 2.05) is 19.1 Å². The van der Waals surface area contributed by atoms with Crippen LogP contribution in [0.1, 0.15) is 18.4 Å². The maximum Gasteiger partial charge on any atom is 0.231 e. The summed E-state index contributed by atoms with van der Waals surface area (Å²) in [5.74, 6) is -0.394. The average molecular weight is 354 g/mol. The van der Waals surface area contributed by atoms with Gasteiger partial charge in [-0.1, -0.05) is 23.7 Å². The van der Waals surface area contributed by atoms with Crippen molar-refractivity contribution in [2.45, 2.75) is 12.8 Å². The summed E-state index contributed by atoms with van der Waals surface area (Å²) in [5.41, 5.74) is 7.92. The van der Waals surface area contributed by atoms with E-state index in [0.29, 0.717) is 16.4 Å². The molecule has 0 aliphatic heterocycles. The molecule has 1 atom stereocenters. The Bertz CT molecular complexity index is 646. The highest BCUT2D eigenvalue weighted by Gasteiger charge is 2.15. The summed E-state index contributed by atoms with van der Waals surface area (Å²) < 4.78 is 0.793. The van der Waals surface area contributed by atoms with E-state index in [1.165, 1.54) is 0 Å². The van der Waals surface area contributed by atoms with Crippen LogP contribution in [0.15, 0.2) is 46.9 Å². The highest BCUT2D eigenvalue weighted by atomic mass is 79.9. The van der Waals surface area contributed by atoms with Gasteiger partial charge < -0.3 is 11.1 Å². The van der Waals surface area contributed by atoms with Crippen molar-refractivity contribution < 1.29 is 4.79 Å². The number of carbonyl (C=O) groups is 1. The molecule has 2 aromatic carbocycles. The lowest BCUT2D eigenvalue weighted by Gasteiger charge is -2.13. The van der Waals surface area contributed by atoms with Gasteiger partial charge in [0.05, 0.1) is 10.9 Å². The van der Waals surface area contributed by atoms with Crippen LogP contribution in [0.2, 0.25) is 5.02 Å². The second-order valence-electron chi connectivity index (χ2n) is 4.51. The Labute approximate surface area is 131 Å². The zero-order chi connectivity index (χ0) is 14.7. The molecule has 0 bridgehead atoms. The van der Waals surface area contributed by atoms with Gasteiger partial charge in [-0.05, 0) is 58.7 Å². The van der Waals surface area contributed by atoms with E-state index in [4.69, 9.17) is 17.3 Å². The van der Waals surface area contributed by atoms with Crippen molar-refractivity contribution in [3.05, 3.63) is 57.5 Å². The van der Waals surface area contributed by atoms with Crippen LogP contribution >= 0.6 is 27.5 Å². The number of rotatable bonds is 3. The van der Waals surface area contributed by atoms with E-state index in [9.17, 15) is 4.79 Å². The van der Waals surface area contributed by atoms with Gasteiger partial charge in [-0.3, -0.25) is 4.79 Å². The summed E-state index contributed by atoms with van der Waals surface area (Å²) in [6.45, 7) is 1.84. The Kier molecular flexibility index (Phi) is 4.68. The standard InChI is InChI=1S/C15H14BrClN2O/c1-9(10-3-2-4-11(18)7-10)15(20)19-12-5-6-13(16)14(17)8-12/h2-9H,18H2,1H3,(H,19,20). The molecule has 104 valence electrons. The normalized spacial score (nSPS) is 11.9. The predicted octanol–water partition coefficient (Wildman–Crippen LogP) is 4.43. The number of nitrogens with two attached hydrogens (primary N) is 1. The molecule has 0 saturated heterocycles. The molecule has 3 N–H and O–H groups in total. The first-order valence-corrected chi connectivity index (χ1v) is 7.26. The third-order valence-corrected chi connectivity index (χ3v) is 4.22. The molecule has 2 aromatic rings. The second-order valence-corrected chi connectivity index (χ2v) is 5.77. The molecule has 5 heteroatoms. The molecule has 0 aromatic heterocycles. The van der Waals surface area contributed by atoms with E-state index in [-0.39, 0.29) is 11.8 Å². The Hall–Kier alpha value is -1.52. The van der Waals surface area contributed by atoms with Gasteiger partial charge in [0.15, 0.2) is 0 Å². The number of amides is 1. The summed E-state index contributed by atoms with van der Waals surface area (Å²) in [7, 11) is 0. The average Bonchev–Trinajstić information content (AvgIpc) is 2.42. The molecule has 0 aliphatic carbocycles. The molecule has 0 saturated carbocycles. The maximum absolute atomic E-state index is 12.2. The van der Waals surface area contributed by atoms with E-state index >= 15 is 0 Å². The quantitative estimate of drug-likeness (QED) is 0.802. The van der Waals surface area contributed by atoms with Gasteiger partial charge in [-0.25, -0.2) is 0 Å². The SMILES string of the molecule is CC(C(=O)Nc1ccc(Br)c(Cl)c1)c1cccc(N)c1. The van der Waals surface area contributed by atoms with Gasteiger partial charge in [0, 0.05) is 15.8 Å². The number of anilines is 2. The maximum atomic E-state index is 12.2. The molecule has 0 radical (unpaired) electrons. The van der Waals surface area contributed by atoms with Crippen LogP contribution in [-0.2, 0) is 4.79 Å². The molecule has 0 fully saturated rings.